The molecule has 1 fully saturated rings. The lowest BCUT2D eigenvalue weighted by Crippen LogP contribution is -2.23. The van der Waals surface area contributed by atoms with Crippen LogP contribution in [0.3, 0.4) is 0 Å². The van der Waals surface area contributed by atoms with E-state index in [0.717, 1.165) is 63.7 Å². The fourth-order valence-corrected chi connectivity index (χ4v) is 4.53. The number of unbranched alkanes of at least 4 members (excludes halogenated alkanes) is 3. The number of carbonyl (C=O) groups excluding carboxylic acids is 2. The molecule has 2 aromatic rings. The van der Waals surface area contributed by atoms with Crippen LogP contribution in [-0.4, -0.2) is 45.2 Å². The average molecular weight is 567 g/mol. The first-order chi connectivity index (χ1) is 20.1. The zero-order valence-electron chi connectivity index (χ0n) is 23.8. The Morgan fingerprint density at radius 1 is 0.732 bits per heavy atom. The molecule has 0 aromatic heterocycles. The Labute approximate surface area is 243 Å². The summed E-state index contributed by atoms with van der Waals surface area (Å²) in [6, 6.07) is 14.1. The molecule has 3 rings (SSSR count). The molecule has 1 aliphatic rings. The maximum atomic E-state index is 12.6. The molecule has 2 aromatic carbocycles. The third kappa shape index (κ3) is 12.5. The molecule has 0 spiro atoms. The normalized spacial score (nSPS) is 16.3. The third-order valence-electron chi connectivity index (χ3n) is 6.92. The quantitative estimate of drug-likeness (QED) is 0.0453. The molecule has 8 heteroatoms. The van der Waals surface area contributed by atoms with Crippen molar-refractivity contribution in [2.75, 3.05) is 33.2 Å². The van der Waals surface area contributed by atoms with Crippen LogP contribution in [0.25, 0.3) is 0 Å². The number of carbonyl (C=O) groups is 2. The first-order valence-corrected chi connectivity index (χ1v) is 14.3. The van der Waals surface area contributed by atoms with Gasteiger partial charge in [-0.1, -0.05) is 13.2 Å². The molecule has 1 saturated carbocycles. The van der Waals surface area contributed by atoms with Crippen LogP contribution in [0, 0.1) is 11.8 Å². The van der Waals surface area contributed by atoms with Crippen LogP contribution in [0.15, 0.2) is 74.0 Å². The van der Waals surface area contributed by atoms with Crippen LogP contribution in [-0.2, 0) is 19.0 Å². The Bertz CT molecular complexity index is 1060. The SMILES string of the molecule is C=COCOCC1CCC(COc2ccc(OC(=O)c3ccc(OCCCCCCOC(=O)C=C)cc3)cc2)CC1. The van der Waals surface area contributed by atoms with E-state index in [1.165, 1.54) is 12.3 Å². The smallest absolute Gasteiger partial charge is 0.343 e. The molecular weight excluding hydrogens is 524 g/mol. The minimum absolute atomic E-state index is 0.265. The summed E-state index contributed by atoms with van der Waals surface area (Å²) in [6.07, 6.45) is 10.7. The highest BCUT2D eigenvalue weighted by Gasteiger charge is 2.22. The van der Waals surface area contributed by atoms with Gasteiger partial charge >= 0.3 is 11.9 Å². The fourth-order valence-electron chi connectivity index (χ4n) is 4.53. The second-order valence-electron chi connectivity index (χ2n) is 10.0. The highest BCUT2D eigenvalue weighted by molar-refractivity contribution is 5.91. The van der Waals surface area contributed by atoms with Gasteiger partial charge in [-0.15, -0.1) is 0 Å². The van der Waals surface area contributed by atoms with E-state index in [1.54, 1.807) is 36.4 Å². The van der Waals surface area contributed by atoms with Gasteiger partial charge in [0.15, 0.2) is 6.79 Å². The summed E-state index contributed by atoms with van der Waals surface area (Å²) in [4.78, 5) is 23.5. The number of hydrogen-bond donors (Lipinski definition) is 0. The summed E-state index contributed by atoms with van der Waals surface area (Å²) < 4.78 is 32.7. The number of benzene rings is 2. The topological polar surface area (TPSA) is 89.5 Å². The molecule has 0 amide bonds. The molecule has 222 valence electrons. The molecule has 0 saturated heterocycles. The van der Waals surface area contributed by atoms with E-state index in [0.29, 0.717) is 48.7 Å². The Balaban J connectivity index is 1.28. The van der Waals surface area contributed by atoms with Gasteiger partial charge in [0.1, 0.15) is 17.2 Å². The Kier molecular flexibility index (Phi) is 14.4. The molecule has 0 aliphatic heterocycles. The summed E-state index contributed by atoms with van der Waals surface area (Å²) >= 11 is 0. The fraction of sp³-hybridized carbons (Fsp3) is 0.455. The van der Waals surface area contributed by atoms with Crippen molar-refractivity contribution >= 4 is 11.9 Å². The molecule has 0 unspecified atom stereocenters. The van der Waals surface area contributed by atoms with Gasteiger partial charge in [0.2, 0.25) is 0 Å². The van der Waals surface area contributed by atoms with Gasteiger partial charge in [-0.25, -0.2) is 9.59 Å². The van der Waals surface area contributed by atoms with Gasteiger partial charge in [-0.3, -0.25) is 0 Å². The van der Waals surface area contributed by atoms with Crippen molar-refractivity contribution in [1.29, 1.82) is 0 Å². The maximum absolute atomic E-state index is 12.6. The van der Waals surface area contributed by atoms with E-state index in [-0.39, 0.29) is 12.8 Å². The Hall–Kier alpha value is -3.78. The maximum Gasteiger partial charge on any atom is 0.343 e. The number of ether oxygens (including phenoxy) is 6. The lowest BCUT2D eigenvalue weighted by atomic mass is 9.83. The molecule has 0 heterocycles. The predicted molar refractivity (Wildman–Crippen MR) is 156 cm³/mol. The predicted octanol–water partition coefficient (Wildman–Crippen LogP) is 6.89. The Morgan fingerprint density at radius 3 is 1.98 bits per heavy atom. The van der Waals surface area contributed by atoms with Crippen molar-refractivity contribution in [2.45, 2.75) is 51.4 Å². The van der Waals surface area contributed by atoms with Crippen molar-refractivity contribution in [2.24, 2.45) is 11.8 Å². The van der Waals surface area contributed by atoms with Crippen molar-refractivity contribution in [3.63, 3.8) is 0 Å². The molecule has 0 bridgehead atoms. The van der Waals surface area contributed by atoms with E-state index in [4.69, 9.17) is 28.4 Å². The van der Waals surface area contributed by atoms with Crippen LogP contribution >= 0.6 is 0 Å². The molecule has 0 atom stereocenters. The number of hydrogen-bond acceptors (Lipinski definition) is 8. The number of esters is 2. The molecular formula is C33H42O8. The Morgan fingerprint density at radius 2 is 1.32 bits per heavy atom. The highest BCUT2D eigenvalue weighted by atomic mass is 16.7. The summed E-state index contributed by atoms with van der Waals surface area (Å²) in [7, 11) is 0. The van der Waals surface area contributed by atoms with Crippen molar-refractivity contribution in [3.05, 3.63) is 79.6 Å². The van der Waals surface area contributed by atoms with E-state index in [1.807, 2.05) is 12.1 Å². The summed E-state index contributed by atoms with van der Waals surface area (Å²) in [5.74, 6) is 2.20. The van der Waals surface area contributed by atoms with Gasteiger partial charge in [0.25, 0.3) is 0 Å². The molecule has 0 N–H and O–H groups in total. The standard InChI is InChI=1S/C33H42O8/c1-3-32(34)39-22-8-6-5-7-21-38-29-15-13-28(14-16-29)33(35)41-31-19-17-30(18-20-31)40-24-27-11-9-26(10-12-27)23-37-25-36-4-2/h3-4,13-20,26-27H,1-2,5-12,21-25H2. The first kappa shape index (κ1) is 31.7. The molecule has 41 heavy (non-hydrogen) atoms. The zero-order valence-corrected chi connectivity index (χ0v) is 23.8. The van der Waals surface area contributed by atoms with Gasteiger partial charge in [-0.2, -0.15) is 0 Å². The molecule has 1 aliphatic carbocycles. The highest BCUT2D eigenvalue weighted by Crippen LogP contribution is 2.30. The lowest BCUT2D eigenvalue weighted by Gasteiger charge is -2.28. The summed E-state index contributed by atoms with van der Waals surface area (Å²) in [5, 5.41) is 0. The largest absolute Gasteiger partial charge is 0.494 e. The summed E-state index contributed by atoms with van der Waals surface area (Å²) in [5.41, 5.74) is 0.445. The third-order valence-corrected chi connectivity index (χ3v) is 6.92. The van der Waals surface area contributed by atoms with E-state index >= 15 is 0 Å². The van der Waals surface area contributed by atoms with Gasteiger partial charge in [-0.05, 0) is 112 Å². The minimum Gasteiger partial charge on any atom is -0.494 e. The van der Waals surface area contributed by atoms with Gasteiger partial charge in [0, 0.05) is 6.08 Å². The molecule has 0 radical (unpaired) electrons. The lowest BCUT2D eigenvalue weighted by molar-refractivity contribution is -0.137. The van der Waals surface area contributed by atoms with Crippen molar-refractivity contribution in [1.82, 2.24) is 0 Å². The van der Waals surface area contributed by atoms with Crippen molar-refractivity contribution < 1.29 is 38.0 Å². The van der Waals surface area contributed by atoms with E-state index < -0.39 is 5.97 Å². The monoisotopic (exact) mass is 566 g/mol. The minimum atomic E-state index is -0.431. The number of rotatable bonds is 19. The van der Waals surface area contributed by atoms with Crippen LogP contribution in [0.5, 0.6) is 17.2 Å². The average Bonchev–Trinajstić information content (AvgIpc) is 3.01. The van der Waals surface area contributed by atoms with Gasteiger partial charge in [0.05, 0.1) is 38.3 Å². The second kappa shape index (κ2) is 18.5. The van der Waals surface area contributed by atoms with E-state index in [9.17, 15) is 9.59 Å². The first-order valence-electron chi connectivity index (χ1n) is 14.3. The van der Waals surface area contributed by atoms with Gasteiger partial charge < -0.3 is 28.4 Å². The zero-order chi connectivity index (χ0) is 29.1. The van der Waals surface area contributed by atoms with Crippen molar-refractivity contribution in [3.8, 4) is 17.2 Å². The van der Waals surface area contributed by atoms with E-state index in [2.05, 4.69) is 13.2 Å². The second-order valence-corrected chi connectivity index (χ2v) is 10.0. The summed E-state index contributed by atoms with van der Waals surface area (Å²) in [6.45, 7) is 9.52. The van der Waals surface area contributed by atoms with Crippen LogP contribution < -0.4 is 14.2 Å². The van der Waals surface area contributed by atoms with Crippen LogP contribution in [0.1, 0.15) is 61.7 Å². The van der Waals surface area contributed by atoms with Crippen LogP contribution in [0.2, 0.25) is 0 Å². The van der Waals surface area contributed by atoms with Crippen LogP contribution in [0.4, 0.5) is 0 Å². The molecule has 8 nitrogen and oxygen atoms in total.